The number of carbonyl (C=O) groups is 4. The Morgan fingerprint density at radius 2 is 1.57 bits per heavy atom. The van der Waals surface area contributed by atoms with Gasteiger partial charge < -0.3 is 4.90 Å². The summed E-state index contributed by atoms with van der Waals surface area (Å²) in [5, 5.41) is -0.544. The molecule has 1 saturated heterocycles. The fourth-order valence-electron chi connectivity index (χ4n) is 3.36. The third-order valence-electron chi connectivity index (χ3n) is 4.71. The van der Waals surface area contributed by atoms with E-state index >= 15 is 0 Å². The zero-order chi connectivity index (χ0) is 19.8. The van der Waals surface area contributed by atoms with Crippen LogP contribution < -0.4 is 4.90 Å². The standard InChI is InChI=1S/C21H16N2O4S/c1-2-22-15-11-7-6-10-14(15)17(19(22)25)18-20(26)23(21(27)28-18)12-16(24)13-8-4-3-5-9-13/h3-11H,2,12H2,1H3/b18-17+. The minimum Gasteiger partial charge on any atom is -0.308 e. The quantitative estimate of drug-likeness (QED) is 0.589. The van der Waals surface area contributed by atoms with Crippen LogP contribution in [0.4, 0.5) is 10.5 Å². The molecule has 2 aliphatic heterocycles. The summed E-state index contributed by atoms with van der Waals surface area (Å²) in [5.74, 6) is -1.23. The smallest absolute Gasteiger partial charge is 0.294 e. The zero-order valence-corrected chi connectivity index (χ0v) is 15.9. The van der Waals surface area contributed by atoms with E-state index in [-0.39, 0.29) is 28.7 Å². The molecule has 0 aliphatic carbocycles. The average Bonchev–Trinajstić information content (AvgIpc) is 3.15. The predicted molar refractivity (Wildman–Crippen MR) is 107 cm³/mol. The van der Waals surface area contributed by atoms with Crippen molar-refractivity contribution in [3.8, 4) is 0 Å². The summed E-state index contributed by atoms with van der Waals surface area (Å²) in [4.78, 5) is 53.3. The van der Waals surface area contributed by atoms with Gasteiger partial charge in [-0.3, -0.25) is 24.1 Å². The number of hydrogen-bond donors (Lipinski definition) is 0. The number of anilines is 1. The molecule has 28 heavy (non-hydrogen) atoms. The van der Waals surface area contributed by atoms with Crippen molar-refractivity contribution in [3.05, 3.63) is 70.6 Å². The summed E-state index contributed by atoms with van der Waals surface area (Å²) in [5.41, 5.74) is 2.01. The van der Waals surface area contributed by atoms with Crippen molar-refractivity contribution in [3.63, 3.8) is 0 Å². The van der Waals surface area contributed by atoms with Gasteiger partial charge in [0.25, 0.3) is 17.1 Å². The number of Topliss-reactive ketones (excluding diaryl/α,β-unsaturated/α-hetero) is 1. The van der Waals surface area contributed by atoms with Crippen LogP contribution in [0.1, 0.15) is 22.8 Å². The molecule has 0 radical (unpaired) electrons. The number of ketones is 1. The SMILES string of the molecule is CCN1C(=O)/C(=C2/SC(=O)N(CC(=O)c3ccccc3)C2=O)c2ccccc21. The van der Waals surface area contributed by atoms with Gasteiger partial charge >= 0.3 is 0 Å². The number of nitrogens with zero attached hydrogens (tertiary/aromatic N) is 2. The van der Waals surface area contributed by atoms with Crippen molar-refractivity contribution < 1.29 is 19.2 Å². The minimum absolute atomic E-state index is 0.0826. The first-order valence-corrected chi connectivity index (χ1v) is 9.62. The molecule has 0 spiro atoms. The molecule has 2 aromatic rings. The van der Waals surface area contributed by atoms with Crippen molar-refractivity contribution in [1.29, 1.82) is 0 Å². The lowest BCUT2D eigenvalue weighted by Gasteiger charge is -2.13. The molecule has 2 aromatic carbocycles. The Morgan fingerprint density at radius 1 is 0.893 bits per heavy atom. The second-order valence-electron chi connectivity index (χ2n) is 6.32. The molecule has 7 heteroatoms. The van der Waals surface area contributed by atoms with Gasteiger partial charge in [0.1, 0.15) is 0 Å². The molecule has 6 nitrogen and oxygen atoms in total. The number of hydrogen-bond acceptors (Lipinski definition) is 5. The Kier molecular flexibility index (Phi) is 4.60. The van der Waals surface area contributed by atoms with Crippen LogP contribution in [0, 0.1) is 0 Å². The lowest BCUT2D eigenvalue weighted by atomic mass is 10.1. The number of carbonyl (C=O) groups excluding carboxylic acids is 4. The van der Waals surface area contributed by atoms with E-state index in [1.54, 1.807) is 47.4 Å². The van der Waals surface area contributed by atoms with Gasteiger partial charge in [0.2, 0.25) is 0 Å². The molecule has 0 bridgehead atoms. The van der Waals surface area contributed by atoms with Gasteiger partial charge in [-0.2, -0.15) is 0 Å². The lowest BCUT2D eigenvalue weighted by Crippen LogP contribution is -2.34. The second kappa shape index (κ2) is 7.09. The second-order valence-corrected chi connectivity index (χ2v) is 7.28. The molecule has 0 saturated carbocycles. The number of benzene rings is 2. The Hall–Kier alpha value is -3.19. The summed E-state index contributed by atoms with van der Waals surface area (Å²) in [7, 11) is 0. The highest BCUT2D eigenvalue weighted by Crippen LogP contribution is 2.44. The van der Waals surface area contributed by atoms with E-state index in [0.29, 0.717) is 29.4 Å². The highest BCUT2D eigenvalue weighted by molar-refractivity contribution is 8.18. The minimum atomic E-state index is -0.601. The Balaban J connectivity index is 1.69. The first-order valence-electron chi connectivity index (χ1n) is 8.80. The summed E-state index contributed by atoms with van der Waals surface area (Å²) in [6, 6.07) is 15.7. The van der Waals surface area contributed by atoms with Crippen molar-refractivity contribution in [2.75, 3.05) is 18.0 Å². The van der Waals surface area contributed by atoms with Crippen LogP contribution in [0.3, 0.4) is 0 Å². The first-order chi connectivity index (χ1) is 13.5. The zero-order valence-electron chi connectivity index (χ0n) is 15.0. The largest absolute Gasteiger partial charge is 0.308 e. The topological polar surface area (TPSA) is 74.8 Å². The van der Waals surface area contributed by atoms with E-state index in [9.17, 15) is 19.2 Å². The normalized spacial score (nSPS) is 18.8. The number of rotatable bonds is 4. The van der Waals surface area contributed by atoms with Gasteiger partial charge in [-0.05, 0) is 24.8 Å². The number of para-hydroxylation sites is 1. The van der Waals surface area contributed by atoms with Crippen LogP contribution in [-0.2, 0) is 9.59 Å². The van der Waals surface area contributed by atoms with E-state index in [1.807, 2.05) is 19.1 Å². The van der Waals surface area contributed by atoms with Crippen molar-refractivity contribution in [2.24, 2.45) is 0 Å². The van der Waals surface area contributed by atoms with Gasteiger partial charge in [-0.15, -0.1) is 0 Å². The maximum absolute atomic E-state index is 12.9. The molecule has 2 heterocycles. The highest BCUT2D eigenvalue weighted by atomic mass is 32.2. The summed E-state index contributed by atoms with van der Waals surface area (Å²) in [6.07, 6.45) is 0. The summed E-state index contributed by atoms with van der Waals surface area (Å²) in [6.45, 7) is 1.95. The monoisotopic (exact) mass is 392 g/mol. The molecule has 0 unspecified atom stereocenters. The van der Waals surface area contributed by atoms with Crippen molar-refractivity contribution in [1.82, 2.24) is 4.90 Å². The molecule has 1 fully saturated rings. The van der Waals surface area contributed by atoms with Gasteiger partial charge in [0, 0.05) is 17.7 Å². The number of thioether (sulfide) groups is 1. The molecule has 3 amide bonds. The number of imide groups is 1. The first kappa shape index (κ1) is 18.2. The van der Waals surface area contributed by atoms with E-state index in [4.69, 9.17) is 0 Å². The van der Waals surface area contributed by atoms with Crippen molar-refractivity contribution >= 4 is 45.9 Å². The molecular weight excluding hydrogens is 376 g/mol. The fraction of sp³-hybridized carbons (Fsp3) is 0.143. The Labute approximate surface area is 165 Å². The Morgan fingerprint density at radius 3 is 2.29 bits per heavy atom. The maximum atomic E-state index is 12.9. The van der Waals surface area contributed by atoms with Crippen molar-refractivity contribution in [2.45, 2.75) is 6.92 Å². The lowest BCUT2D eigenvalue weighted by molar-refractivity contribution is -0.122. The predicted octanol–water partition coefficient (Wildman–Crippen LogP) is 3.34. The van der Waals surface area contributed by atoms with Crippen LogP contribution in [-0.4, -0.2) is 40.8 Å². The summed E-state index contributed by atoms with van der Waals surface area (Å²) >= 11 is 0.713. The maximum Gasteiger partial charge on any atom is 0.294 e. The Bertz CT molecular complexity index is 1050. The van der Waals surface area contributed by atoms with E-state index < -0.39 is 11.1 Å². The molecule has 0 atom stereocenters. The molecule has 140 valence electrons. The van der Waals surface area contributed by atoms with Gasteiger partial charge in [-0.25, -0.2) is 0 Å². The number of likely N-dealkylation sites (N-methyl/N-ethyl adjacent to an activating group) is 1. The van der Waals surface area contributed by atoms with Gasteiger partial charge in [0.05, 0.1) is 22.7 Å². The fourth-order valence-corrected chi connectivity index (χ4v) is 4.29. The third kappa shape index (κ3) is 2.84. The van der Waals surface area contributed by atoms with Crippen LogP contribution in [0.5, 0.6) is 0 Å². The van der Waals surface area contributed by atoms with Crippen LogP contribution in [0.2, 0.25) is 0 Å². The molecular formula is C21H16N2O4S. The molecule has 0 aromatic heterocycles. The number of amides is 3. The molecule has 2 aliphatic rings. The van der Waals surface area contributed by atoms with Crippen LogP contribution >= 0.6 is 11.8 Å². The van der Waals surface area contributed by atoms with E-state index in [0.717, 1.165) is 10.6 Å². The van der Waals surface area contributed by atoms with E-state index in [2.05, 4.69) is 0 Å². The number of fused-ring (bicyclic) bond motifs is 1. The van der Waals surface area contributed by atoms with Gasteiger partial charge in [0.15, 0.2) is 5.78 Å². The van der Waals surface area contributed by atoms with Crippen LogP contribution in [0.15, 0.2) is 59.5 Å². The molecule has 4 rings (SSSR count). The average molecular weight is 392 g/mol. The van der Waals surface area contributed by atoms with E-state index in [1.165, 1.54) is 0 Å². The highest BCUT2D eigenvalue weighted by Gasteiger charge is 2.43. The van der Waals surface area contributed by atoms with Crippen LogP contribution in [0.25, 0.3) is 5.57 Å². The molecule has 0 N–H and O–H groups in total. The third-order valence-corrected chi connectivity index (χ3v) is 5.69. The van der Waals surface area contributed by atoms with Gasteiger partial charge in [-0.1, -0.05) is 48.5 Å². The summed E-state index contributed by atoms with van der Waals surface area (Å²) < 4.78 is 0.